The van der Waals surface area contributed by atoms with Gasteiger partial charge in [0.05, 0.1) is 5.02 Å². The number of allylic oxidation sites excluding steroid dienone is 4. The fourth-order valence-electron chi connectivity index (χ4n) is 5.92. The first-order valence-corrected chi connectivity index (χ1v) is 22.3. The highest BCUT2D eigenvalue weighted by Gasteiger charge is 2.06. The van der Waals surface area contributed by atoms with E-state index in [1.807, 2.05) is 133 Å². The van der Waals surface area contributed by atoms with Crippen LogP contribution < -0.4 is 0 Å². The molecule has 0 bridgehead atoms. The minimum absolute atomic E-state index is 0.00873. The first-order chi connectivity index (χ1) is 33.0. The first kappa shape index (κ1) is 51.2. The molecule has 8 aromatic carbocycles. The van der Waals surface area contributed by atoms with E-state index >= 15 is 0 Å². The van der Waals surface area contributed by atoms with Gasteiger partial charge < -0.3 is 0 Å². The Morgan fingerprint density at radius 1 is 0.338 bits per heavy atom. The average molecular weight is 954 g/mol. The molecular weight excluding hydrogens is 910 g/mol. The number of benzene rings is 8. The van der Waals surface area contributed by atoms with Crippen LogP contribution in [0.3, 0.4) is 0 Å². The zero-order valence-corrected chi connectivity index (χ0v) is 38.8. The zero-order chi connectivity index (χ0) is 48.4. The van der Waals surface area contributed by atoms with Gasteiger partial charge in [-0.3, -0.25) is 19.2 Å². The summed E-state index contributed by atoms with van der Waals surface area (Å²) in [5.41, 5.74) is 5.95. The summed E-state index contributed by atoms with van der Waals surface area (Å²) in [5, 5.41) is 1.79. The molecule has 68 heavy (non-hydrogen) atoms. The largest absolute Gasteiger partial charge is 0.289 e. The van der Waals surface area contributed by atoms with Crippen molar-refractivity contribution in [1.82, 2.24) is 0 Å². The van der Waals surface area contributed by atoms with E-state index in [9.17, 15) is 23.6 Å². The molecule has 0 saturated carbocycles. The molecule has 0 heterocycles. The second-order valence-electron chi connectivity index (χ2n) is 14.4. The van der Waals surface area contributed by atoms with E-state index in [4.69, 9.17) is 34.8 Å². The second-order valence-corrected chi connectivity index (χ2v) is 15.7. The Morgan fingerprint density at radius 2 is 0.735 bits per heavy atom. The third-order valence-electron chi connectivity index (χ3n) is 9.41. The summed E-state index contributed by atoms with van der Waals surface area (Å²) in [6.07, 6.45) is 13.1. The van der Waals surface area contributed by atoms with Gasteiger partial charge in [-0.1, -0.05) is 229 Å². The number of hydrogen-bond donors (Lipinski definition) is 0. The monoisotopic (exact) mass is 952 g/mol. The van der Waals surface area contributed by atoms with Crippen molar-refractivity contribution >= 4 is 82.2 Å². The van der Waals surface area contributed by atoms with Gasteiger partial charge in [0.25, 0.3) is 0 Å². The van der Waals surface area contributed by atoms with Crippen LogP contribution in [0.4, 0.5) is 4.39 Å². The lowest BCUT2D eigenvalue weighted by Crippen LogP contribution is -1.94. The van der Waals surface area contributed by atoms with Crippen LogP contribution in [0.2, 0.25) is 15.1 Å². The van der Waals surface area contributed by atoms with E-state index in [1.54, 1.807) is 97.1 Å². The molecule has 336 valence electrons. The van der Waals surface area contributed by atoms with E-state index in [2.05, 4.69) is 0 Å². The SMILES string of the molecule is O=C(C=Cc1cccc(Cl)c1)c1ccccc1.O=C(C=Cc1ccccc1)c1cccc(F)c1.O=C(C=Cc1ccccc1)c1ccccc1Cl.O=C(C=Cc1ccccc1Cl)c1ccccc1. The van der Waals surface area contributed by atoms with Crippen LogP contribution in [0.25, 0.3) is 24.3 Å². The molecule has 0 atom stereocenters. The highest BCUT2D eigenvalue weighted by molar-refractivity contribution is 6.34. The predicted molar refractivity (Wildman–Crippen MR) is 280 cm³/mol. The van der Waals surface area contributed by atoms with Crippen molar-refractivity contribution in [2.75, 3.05) is 0 Å². The van der Waals surface area contributed by atoms with Crippen LogP contribution >= 0.6 is 34.8 Å². The van der Waals surface area contributed by atoms with Crippen molar-refractivity contribution in [3.63, 3.8) is 0 Å². The molecule has 0 aliphatic carbocycles. The standard InChI is InChI=1S/3C15H11ClO.C15H11FO/c16-14-9-5-4-6-12(14)10-11-15(17)13-7-2-1-3-8-13;16-14-8-4-5-12(11-14)9-10-15(17)13-6-2-1-3-7-13;16-14-9-5-4-8-13(14)15(17)11-10-12-6-2-1-3-7-12;16-14-8-4-7-13(11-14)15(17)10-9-12-5-2-1-3-6-12/h4*1-11H. The maximum Gasteiger partial charge on any atom is 0.187 e. The van der Waals surface area contributed by atoms with Crippen LogP contribution in [0.5, 0.6) is 0 Å². The minimum Gasteiger partial charge on any atom is -0.289 e. The molecule has 0 radical (unpaired) electrons. The molecule has 8 rings (SSSR count). The van der Waals surface area contributed by atoms with Gasteiger partial charge in [-0.05, 0) is 95.1 Å². The smallest absolute Gasteiger partial charge is 0.187 e. The Balaban J connectivity index is 0.000000169. The van der Waals surface area contributed by atoms with E-state index in [-0.39, 0.29) is 23.1 Å². The maximum absolute atomic E-state index is 12.9. The number of rotatable bonds is 12. The van der Waals surface area contributed by atoms with Crippen molar-refractivity contribution in [3.8, 4) is 0 Å². The topological polar surface area (TPSA) is 68.3 Å². The molecule has 8 heteroatoms. The summed E-state index contributed by atoms with van der Waals surface area (Å²) in [6.45, 7) is 0. The van der Waals surface area contributed by atoms with E-state index in [0.717, 1.165) is 22.3 Å². The van der Waals surface area contributed by atoms with Crippen molar-refractivity contribution in [1.29, 1.82) is 0 Å². The Morgan fingerprint density at radius 3 is 1.25 bits per heavy atom. The Labute approximate surface area is 411 Å². The fraction of sp³-hybridized carbons (Fsp3) is 0. The van der Waals surface area contributed by atoms with Gasteiger partial charge in [-0.25, -0.2) is 4.39 Å². The summed E-state index contributed by atoms with van der Waals surface area (Å²) in [5.74, 6) is -0.715. The summed E-state index contributed by atoms with van der Waals surface area (Å²) < 4.78 is 12.9. The molecule has 0 saturated heterocycles. The van der Waals surface area contributed by atoms with Crippen molar-refractivity contribution < 1.29 is 23.6 Å². The molecule has 0 N–H and O–H groups in total. The van der Waals surface area contributed by atoms with Gasteiger partial charge in [-0.15, -0.1) is 0 Å². The molecule has 0 aliphatic rings. The van der Waals surface area contributed by atoms with E-state index in [1.165, 1.54) is 36.4 Å². The maximum atomic E-state index is 12.9. The fourth-order valence-corrected chi connectivity index (χ4v) is 6.54. The number of halogens is 4. The molecule has 0 spiro atoms. The predicted octanol–water partition coefficient (Wildman–Crippen LogP) is 16.4. The lowest BCUT2D eigenvalue weighted by atomic mass is 10.1. The number of ketones is 4. The van der Waals surface area contributed by atoms with Crippen LogP contribution in [-0.2, 0) is 0 Å². The quantitative estimate of drug-likeness (QED) is 0.0904. The van der Waals surface area contributed by atoms with Gasteiger partial charge in [0, 0.05) is 32.3 Å². The number of carbonyl (C=O) groups is 4. The highest BCUT2D eigenvalue weighted by Crippen LogP contribution is 2.18. The normalized spacial score (nSPS) is 10.6. The molecule has 0 unspecified atom stereocenters. The highest BCUT2D eigenvalue weighted by atomic mass is 35.5. The lowest BCUT2D eigenvalue weighted by Gasteiger charge is -1.98. The minimum atomic E-state index is -0.399. The van der Waals surface area contributed by atoms with Gasteiger partial charge in [0.1, 0.15) is 5.82 Å². The number of hydrogen-bond acceptors (Lipinski definition) is 4. The summed E-state index contributed by atoms with van der Waals surface area (Å²) >= 11 is 17.8. The molecular formula is C60H44Cl3FO4. The lowest BCUT2D eigenvalue weighted by molar-refractivity contribution is 0.103. The third kappa shape index (κ3) is 18.2. The Bertz CT molecular complexity index is 3000. The van der Waals surface area contributed by atoms with Gasteiger partial charge in [0.2, 0.25) is 0 Å². The first-order valence-electron chi connectivity index (χ1n) is 21.2. The van der Waals surface area contributed by atoms with Gasteiger partial charge >= 0.3 is 0 Å². The van der Waals surface area contributed by atoms with Gasteiger partial charge in [-0.2, -0.15) is 0 Å². The zero-order valence-electron chi connectivity index (χ0n) is 36.5. The molecule has 0 fully saturated rings. The van der Waals surface area contributed by atoms with Crippen LogP contribution in [0.1, 0.15) is 63.7 Å². The molecule has 8 aromatic rings. The third-order valence-corrected chi connectivity index (χ3v) is 10.3. The van der Waals surface area contributed by atoms with Crippen LogP contribution in [-0.4, -0.2) is 23.1 Å². The Hall–Kier alpha value is -7.80. The second kappa shape index (κ2) is 28.3. The van der Waals surface area contributed by atoms with Gasteiger partial charge in [0.15, 0.2) is 23.1 Å². The van der Waals surface area contributed by atoms with Crippen molar-refractivity contribution in [3.05, 3.63) is 308 Å². The molecule has 0 aromatic heterocycles. The summed E-state index contributed by atoms with van der Waals surface area (Å²) in [4.78, 5) is 47.2. The number of carbonyl (C=O) groups excluding carboxylic acids is 4. The Kier molecular flexibility index (Phi) is 21.3. The molecule has 4 nitrogen and oxygen atoms in total. The van der Waals surface area contributed by atoms with Crippen LogP contribution in [0.15, 0.2) is 243 Å². The summed E-state index contributed by atoms with van der Waals surface area (Å²) in [6, 6.07) is 65.0. The van der Waals surface area contributed by atoms with Crippen LogP contribution in [0, 0.1) is 5.82 Å². The molecule has 0 aliphatic heterocycles. The van der Waals surface area contributed by atoms with Crippen molar-refractivity contribution in [2.24, 2.45) is 0 Å². The molecule has 0 amide bonds. The van der Waals surface area contributed by atoms with Crippen molar-refractivity contribution in [2.45, 2.75) is 0 Å². The van der Waals surface area contributed by atoms with E-state index in [0.29, 0.717) is 37.3 Å². The average Bonchev–Trinajstić information content (AvgIpc) is 3.38. The van der Waals surface area contributed by atoms with E-state index < -0.39 is 5.82 Å². The summed E-state index contributed by atoms with van der Waals surface area (Å²) in [7, 11) is 0.